The van der Waals surface area contributed by atoms with E-state index in [2.05, 4.69) is 5.32 Å². The molecule has 7 nitrogen and oxygen atoms in total. The van der Waals surface area contributed by atoms with Crippen LogP contribution in [0.4, 0.5) is 0 Å². The molecule has 0 spiro atoms. The third-order valence-electron chi connectivity index (χ3n) is 3.75. The van der Waals surface area contributed by atoms with Crippen molar-refractivity contribution in [3.63, 3.8) is 0 Å². The van der Waals surface area contributed by atoms with E-state index in [0.29, 0.717) is 18.9 Å². The molecule has 126 valence electrons. The zero-order valence-corrected chi connectivity index (χ0v) is 13.6. The molecule has 1 aromatic carbocycles. The maximum Gasteiger partial charge on any atom is 0.309 e. The summed E-state index contributed by atoms with van der Waals surface area (Å²) in [6, 6.07) is 6.12. The first-order valence-electron chi connectivity index (χ1n) is 7.32. The molecule has 23 heavy (non-hydrogen) atoms. The number of nitrogens with two attached hydrogens (primary N) is 1. The average Bonchev–Trinajstić information content (AvgIpc) is 3.21. The van der Waals surface area contributed by atoms with Gasteiger partial charge in [-0.1, -0.05) is 19.1 Å². The number of hydrogen-bond acceptors (Lipinski definition) is 5. The first-order valence-corrected chi connectivity index (χ1v) is 8.87. The van der Waals surface area contributed by atoms with Crippen molar-refractivity contribution in [1.29, 1.82) is 0 Å². The van der Waals surface area contributed by atoms with Crippen LogP contribution in [-0.4, -0.2) is 33.4 Å². The van der Waals surface area contributed by atoms with Crippen LogP contribution in [0.15, 0.2) is 29.2 Å². The maximum atomic E-state index is 11.6. The van der Waals surface area contributed by atoms with Crippen LogP contribution in [0.25, 0.3) is 0 Å². The quantitative estimate of drug-likeness (QED) is 0.688. The van der Waals surface area contributed by atoms with E-state index in [1.54, 1.807) is 12.1 Å². The van der Waals surface area contributed by atoms with Gasteiger partial charge in [-0.05, 0) is 36.5 Å². The largest absolute Gasteiger partial charge is 0.455 e. The second kappa shape index (κ2) is 7.10. The predicted octanol–water partition coefficient (Wildman–Crippen LogP) is 0.192. The van der Waals surface area contributed by atoms with E-state index in [0.717, 1.165) is 12.0 Å². The molecule has 3 N–H and O–H groups in total. The fourth-order valence-electron chi connectivity index (χ4n) is 2.14. The third-order valence-corrected chi connectivity index (χ3v) is 4.67. The fraction of sp³-hybridized carbons (Fsp3) is 0.467. The maximum absolute atomic E-state index is 11.6. The average molecular weight is 340 g/mol. The summed E-state index contributed by atoms with van der Waals surface area (Å²) in [6.07, 6.45) is 1.36. The Morgan fingerprint density at radius 2 is 1.91 bits per heavy atom. The van der Waals surface area contributed by atoms with Gasteiger partial charge >= 0.3 is 5.97 Å². The highest BCUT2D eigenvalue weighted by Crippen LogP contribution is 2.38. The van der Waals surface area contributed by atoms with E-state index in [-0.39, 0.29) is 29.3 Å². The number of hydrogen-bond donors (Lipinski definition) is 2. The Balaban J connectivity index is 1.68. The molecule has 1 aliphatic carbocycles. The van der Waals surface area contributed by atoms with E-state index in [4.69, 9.17) is 9.88 Å². The topological polar surface area (TPSA) is 116 Å². The number of carbonyl (C=O) groups is 2. The van der Waals surface area contributed by atoms with Crippen molar-refractivity contribution in [3.8, 4) is 0 Å². The van der Waals surface area contributed by atoms with Crippen molar-refractivity contribution in [3.05, 3.63) is 29.8 Å². The summed E-state index contributed by atoms with van der Waals surface area (Å²) >= 11 is 0. The molecule has 1 aliphatic rings. The number of primary sulfonamides is 1. The number of benzene rings is 1. The molecule has 1 amide bonds. The van der Waals surface area contributed by atoms with Crippen LogP contribution >= 0.6 is 0 Å². The minimum Gasteiger partial charge on any atom is -0.455 e. The molecule has 1 saturated carbocycles. The van der Waals surface area contributed by atoms with Gasteiger partial charge in [-0.25, -0.2) is 13.6 Å². The van der Waals surface area contributed by atoms with Gasteiger partial charge in [-0.15, -0.1) is 0 Å². The van der Waals surface area contributed by atoms with Gasteiger partial charge in [0.2, 0.25) is 10.0 Å². The molecule has 0 unspecified atom stereocenters. The van der Waals surface area contributed by atoms with Gasteiger partial charge < -0.3 is 10.1 Å². The van der Waals surface area contributed by atoms with Crippen LogP contribution in [0.2, 0.25) is 0 Å². The van der Waals surface area contributed by atoms with E-state index in [1.165, 1.54) is 12.1 Å². The van der Waals surface area contributed by atoms with Crippen molar-refractivity contribution in [1.82, 2.24) is 5.32 Å². The number of carbonyl (C=O) groups excluding carboxylic acids is 2. The molecule has 0 radical (unpaired) electrons. The van der Waals surface area contributed by atoms with Gasteiger partial charge in [0.05, 0.1) is 10.8 Å². The van der Waals surface area contributed by atoms with Gasteiger partial charge in [0.1, 0.15) is 0 Å². The van der Waals surface area contributed by atoms with E-state index in [1.807, 2.05) is 6.92 Å². The highest BCUT2D eigenvalue weighted by atomic mass is 32.2. The molecule has 1 aromatic rings. The van der Waals surface area contributed by atoms with Crippen LogP contribution in [0, 0.1) is 11.8 Å². The van der Waals surface area contributed by atoms with Crippen molar-refractivity contribution in [2.45, 2.75) is 24.7 Å². The van der Waals surface area contributed by atoms with Gasteiger partial charge in [0, 0.05) is 6.54 Å². The number of nitrogens with one attached hydrogen (secondary N) is 1. The number of ether oxygens (including phenoxy) is 1. The predicted molar refractivity (Wildman–Crippen MR) is 82.8 cm³/mol. The van der Waals surface area contributed by atoms with Crippen molar-refractivity contribution in [2.24, 2.45) is 17.0 Å². The molecule has 8 heteroatoms. The minimum absolute atomic E-state index is 0.0477. The smallest absolute Gasteiger partial charge is 0.309 e. The molecule has 0 aliphatic heterocycles. The van der Waals surface area contributed by atoms with Crippen molar-refractivity contribution >= 4 is 21.9 Å². The molecule has 0 bridgehead atoms. The summed E-state index contributed by atoms with van der Waals surface area (Å²) in [5.41, 5.74) is 0.862. The number of esters is 1. The van der Waals surface area contributed by atoms with Crippen LogP contribution in [0.5, 0.6) is 0 Å². The molecule has 2 atom stereocenters. The van der Waals surface area contributed by atoms with Crippen molar-refractivity contribution < 1.29 is 22.7 Å². The molecule has 0 aromatic heterocycles. The highest BCUT2D eigenvalue weighted by molar-refractivity contribution is 7.89. The van der Waals surface area contributed by atoms with E-state index >= 15 is 0 Å². The Morgan fingerprint density at radius 3 is 2.43 bits per heavy atom. The third kappa shape index (κ3) is 5.33. The Morgan fingerprint density at radius 1 is 1.30 bits per heavy atom. The van der Waals surface area contributed by atoms with Crippen LogP contribution < -0.4 is 10.5 Å². The van der Waals surface area contributed by atoms with Crippen LogP contribution in [0.3, 0.4) is 0 Å². The lowest BCUT2D eigenvalue weighted by atomic mass is 10.1. The molecule has 1 fully saturated rings. The molecule has 0 saturated heterocycles. The number of amides is 1. The lowest BCUT2D eigenvalue weighted by Crippen LogP contribution is -2.30. The highest BCUT2D eigenvalue weighted by Gasteiger charge is 2.40. The summed E-state index contributed by atoms with van der Waals surface area (Å²) < 4.78 is 27.2. The van der Waals surface area contributed by atoms with E-state index in [9.17, 15) is 18.0 Å². The molecule has 2 rings (SSSR count). The number of rotatable bonds is 7. The Hall–Kier alpha value is -1.93. The Bertz CT molecular complexity index is 684. The van der Waals surface area contributed by atoms with Gasteiger partial charge in [0.15, 0.2) is 6.61 Å². The summed E-state index contributed by atoms with van der Waals surface area (Å²) in [5.74, 6) is -0.370. The Labute approximate surface area is 135 Å². The first-order chi connectivity index (χ1) is 10.8. The molecular formula is C15H20N2O5S. The van der Waals surface area contributed by atoms with Crippen molar-refractivity contribution in [2.75, 3.05) is 13.2 Å². The van der Waals surface area contributed by atoms with Gasteiger partial charge in [-0.3, -0.25) is 9.59 Å². The second-order valence-corrected chi connectivity index (χ2v) is 7.28. The monoisotopic (exact) mass is 340 g/mol. The number of sulfonamides is 1. The lowest BCUT2D eigenvalue weighted by Gasteiger charge is -2.07. The summed E-state index contributed by atoms with van der Waals surface area (Å²) in [5, 5.41) is 7.66. The summed E-state index contributed by atoms with van der Waals surface area (Å²) in [7, 11) is -3.69. The zero-order chi connectivity index (χ0) is 17.0. The standard InChI is InChI=1S/C15H20N2O5S/c1-10-8-13(10)15(19)22-9-14(18)17-7-6-11-2-4-12(5-3-11)23(16,20)21/h2-5,10,13H,6-9H2,1H3,(H,17,18)(H2,16,20,21)/t10-,13+/m1/s1. The van der Waals surface area contributed by atoms with Crippen LogP contribution in [0.1, 0.15) is 18.9 Å². The van der Waals surface area contributed by atoms with Gasteiger partial charge in [0.25, 0.3) is 5.91 Å². The summed E-state index contributed by atoms with van der Waals surface area (Å²) in [4.78, 5) is 23.1. The zero-order valence-electron chi connectivity index (χ0n) is 12.8. The second-order valence-electron chi connectivity index (χ2n) is 5.72. The Kier molecular flexibility index (Phi) is 5.38. The fourth-order valence-corrected chi connectivity index (χ4v) is 2.65. The van der Waals surface area contributed by atoms with Crippen LogP contribution in [-0.2, 0) is 30.8 Å². The first kappa shape index (κ1) is 17.4. The lowest BCUT2D eigenvalue weighted by molar-refractivity contribution is -0.150. The van der Waals surface area contributed by atoms with Gasteiger partial charge in [-0.2, -0.15) is 0 Å². The SMILES string of the molecule is C[C@@H]1C[C@@H]1C(=O)OCC(=O)NCCc1ccc(S(N)(=O)=O)cc1. The van der Waals surface area contributed by atoms with E-state index < -0.39 is 10.0 Å². The normalized spacial score (nSPS) is 19.9. The molecule has 0 heterocycles. The summed E-state index contributed by atoms with van der Waals surface area (Å²) in [6.45, 7) is 2.06. The molecular weight excluding hydrogens is 320 g/mol. The minimum atomic E-state index is -3.69.